The lowest BCUT2D eigenvalue weighted by Crippen LogP contribution is -2.45. The molecule has 2 aliphatic heterocycles. The average molecular weight is 552 g/mol. The third-order valence-corrected chi connectivity index (χ3v) is 7.56. The Bertz CT molecular complexity index is 1180. The molecule has 0 radical (unpaired) electrons. The molecule has 0 aliphatic carbocycles. The van der Waals surface area contributed by atoms with Crippen molar-refractivity contribution >= 4 is 46.5 Å². The van der Waals surface area contributed by atoms with Gasteiger partial charge in [-0.2, -0.15) is 0 Å². The molecule has 0 saturated carbocycles. The molecule has 9 nitrogen and oxygen atoms in total. The molecule has 10 heteroatoms. The maximum atomic E-state index is 13.6. The Kier molecular flexibility index (Phi) is 9.66. The summed E-state index contributed by atoms with van der Waals surface area (Å²) in [5.74, 6) is -0.907. The summed E-state index contributed by atoms with van der Waals surface area (Å²) in [6, 6.07) is 13.5. The van der Waals surface area contributed by atoms with Crippen molar-refractivity contribution in [3.05, 3.63) is 59.7 Å². The van der Waals surface area contributed by atoms with Gasteiger partial charge in [0.25, 0.3) is 5.91 Å². The highest BCUT2D eigenvalue weighted by Crippen LogP contribution is 2.28. The number of piperazine rings is 1. The van der Waals surface area contributed by atoms with Gasteiger partial charge in [0.05, 0.1) is 24.3 Å². The molecule has 2 aliphatic rings. The van der Waals surface area contributed by atoms with Crippen molar-refractivity contribution in [2.75, 3.05) is 63.1 Å². The highest BCUT2D eigenvalue weighted by atomic mass is 32.1. The predicted molar refractivity (Wildman–Crippen MR) is 156 cm³/mol. The van der Waals surface area contributed by atoms with E-state index in [0.29, 0.717) is 35.2 Å². The maximum absolute atomic E-state index is 13.6. The van der Waals surface area contributed by atoms with Crippen molar-refractivity contribution in [1.29, 1.82) is 0 Å². The number of aryl methyl sites for hydroxylation is 1. The predicted octanol–water partition coefficient (Wildman–Crippen LogP) is 3.14. The van der Waals surface area contributed by atoms with Gasteiger partial charge in [-0.3, -0.25) is 14.5 Å². The number of nitrogens with one attached hydrogen (secondary N) is 1. The highest BCUT2D eigenvalue weighted by Gasteiger charge is 2.43. The number of nitrogens with zero attached hydrogens (tertiary/aromatic N) is 4. The van der Waals surface area contributed by atoms with Crippen LogP contribution in [0.25, 0.3) is 0 Å². The Labute approximate surface area is 235 Å². The maximum Gasteiger partial charge on any atom is 0.338 e. The summed E-state index contributed by atoms with van der Waals surface area (Å²) in [5.41, 5.74) is 2.74. The molecule has 2 saturated heterocycles. The number of likely N-dealkylation sites (N-methyl/N-ethyl adjacent to an activating group) is 1. The molecular formula is C29H37N5O4S. The number of carbonyl (C=O) groups is 3. The zero-order valence-corrected chi connectivity index (χ0v) is 23.7. The lowest BCUT2D eigenvalue weighted by atomic mass is 10.1. The summed E-state index contributed by atoms with van der Waals surface area (Å²) in [5, 5.41) is 3.28. The first-order valence-corrected chi connectivity index (χ1v) is 13.9. The van der Waals surface area contributed by atoms with Crippen LogP contribution in [-0.4, -0.2) is 96.6 Å². The van der Waals surface area contributed by atoms with Gasteiger partial charge in [0, 0.05) is 38.4 Å². The Morgan fingerprint density at radius 1 is 1.00 bits per heavy atom. The van der Waals surface area contributed by atoms with Gasteiger partial charge in [0.2, 0.25) is 5.91 Å². The van der Waals surface area contributed by atoms with E-state index >= 15 is 0 Å². The van der Waals surface area contributed by atoms with Crippen molar-refractivity contribution < 1.29 is 19.1 Å². The molecule has 0 aromatic heterocycles. The second-order valence-corrected chi connectivity index (χ2v) is 10.4. The molecule has 0 spiro atoms. The molecule has 0 bridgehead atoms. The van der Waals surface area contributed by atoms with E-state index in [1.807, 2.05) is 36.1 Å². The number of ether oxygens (including phenoxy) is 1. The summed E-state index contributed by atoms with van der Waals surface area (Å²) in [6.45, 7) is 9.68. The molecule has 39 heavy (non-hydrogen) atoms. The van der Waals surface area contributed by atoms with Crippen LogP contribution in [0.1, 0.15) is 35.7 Å². The molecular weight excluding hydrogens is 514 g/mol. The summed E-state index contributed by atoms with van der Waals surface area (Å²) in [6.07, 6.45) is 0.807. The molecule has 2 fully saturated rings. The van der Waals surface area contributed by atoms with Crippen LogP contribution in [0.3, 0.4) is 0 Å². The monoisotopic (exact) mass is 551 g/mol. The molecule has 2 aromatic rings. The second-order valence-electron chi connectivity index (χ2n) is 10.0. The summed E-state index contributed by atoms with van der Waals surface area (Å²) < 4.78 is 5.01. The van der Waals surface area contributed by atoms with Gasteiger partial charge < -0.3 is 24.8 Å². The van der Waals surface area contributed by atoms with E-state index in [1.165, 1.54) is 0 Å². The van der Waals surface area contributed by atoms with Crippen LogP contribution in [0.5, 0.6) is 0 Å². The van der Waals surface area contributed by atoms with E-state index in [9.17, 15) is 14.4 Å². The van der Waals surface area contributed by atoms with Gasteiger partial charge in [-0.05, 0) is 82.5 Å². The zero-order chi connectivity index (χ0) is 27.9. The van der Waals surface area contributed by atoms with E-state index in [1.54, 1.807) is 36.1 Å². The zero-order valence-electron chi connectivity index (χ0n) is 22.9. The van der Waals surface area contributed by atoms with E-state index in [0.717, 1.165) is 44.7 Å². The van der Waals surface area contributed by atoms with Crippen LogP contribution in [-0.2, 0) is 14.3 Å². The van der Waals surface area contributed by atoms with Crippen molar-refractivity contribution in [3.8, 4) is 0 Å². The number of benzene rings is 2. The number of thiocarbonyl (C=S) groups is 1. The first kappa shape index (κ1) is 28.7. The van der Waals surface area contributed by atoms with Crippen molar-refractivity contribution in [3.63, 3.8) is 0 Å². The van der Waals surface area contributed by atoms with Crippen LogP contribution in [0.15, 0.2) is 48.5 Å². The number of amides is 2. The molecule has 208 valence electrons. The number of rotatable bonds is 10. The highest BCUT2D eigenvalue weighted by molar-refractivity contribution is 7.80. The van der Waals surface area contributed by atoms with Crippen molar-refractivity contribution in [2.24, 2.45) is 0 Å². The van der Waals surface area contributed by atoms with Gasteiger partial charge in [-0.1, -0.05) is 17.7 Å². The minimum Gasteiger partial charge on any atom is -0.462 e. The minimum atomic E-state index is -0.690. The smallest absolute Gasteiger partial charge is 0.338 e. The fourth-order valence-electron chi connectivity index (χ4n) is 4.85. The molecule has 1 N–H and O–H groups in total. The lowest BCUT2D eigenvalue weighted by Gasteiger charge is -2.33. The SMILES string of the molecule is CCOC(=O)c1ccc(NC(=O)C[C@@H]2C(=O)N(c3ccc(C)cc3)C(=S)N2CCCN2CCN(C)CC2)cc1. The molecule has 2 aromatic carbocycles. The second kappa shape index (κ2) is 13.1. The first-order valence-electron chi connectivity index (χ1n) is 13.5. The van der Waals surface area contributed by atoms with Crippen LogP contribution >= 0.6 is 12.2 Å². The fourth-order valence-corrected chi connectivity index (χ4v) is 5.26. The standard InChI is InChI=1S/C29H37N5O4S/c1-4-38-28(37)22-8-10-23(11-9-22)30-26(35)20-25-27(36)34(24-12-6-21(2)7-13-24)29(39)33(25)15-5-14-32-18-16-31(3)17-19-32/h6-13,25H,4-5,14-20H2,1-3H3,(H,30,35)/t25-/m1/s1. The topological polar surface area (TPSA) is 85.4 Å². The quantitative estimate of drug-likeness (QED) is 0.356. The lowest BCUT2D eigenvalue weighted by molar-refractivity contribution is -0.124. The third-order valence-electron chi connectivity index (χ3n) is 7.14. The number of esters is 1. The van der Waals surface area contributed by atoms with Crippen LogP contribution in [0.2, 0.25) is 0 Å². The largest absolute Gasteiger partial charge is 0.462 e. The molecule has 4 rings (SSSR count). The molecule has 1 atom stereocenters. The van der Waals surface area contributed by atoms with Crippen molar-refractivity contribution in [1.82, 2.24) is 14.7 Å². The Morgan fingerprint density at radius 3 is 2.31 bits per heavy atom. The van der Waals surface area contributed by atoms with Gasteiger partial charge in [-0.25, -0.2) is 4.79 Å². The Morgan fingerprint density at radius 2 is 1.67 bits per heavy atom. The van der Waals surface area contributed by atoms with Gasteiger partial charge >= 0.3 is 5.97 Å². The normalized spacial score (nSPS) is 18.5. The van der Waals surface area contributed by atoms with E-state index in [-0.39, 0.29) is 18.2 Å². The fraction of sp³-hybridized carbons (Fsp3) is 0.448. The third kappa shape index (κ3) is 7.20. The summed E-state index contributed by atoms with van der Waals surface area (Å²) in [4.78, 5) is 46.8. The molecule has 2 amide bonds. The summed E-state index contributed by atoms with van der Waals surface area (Å²) >= 11 is 5.79. The van der Waals surface area contributed by atoms with Crippen LogP contribution in [0.4, 0.5) is 11.4 Å². The average Bonchev–Trinajstić information content (AvgIpc) is 3.14. The van der Waals surface area contributed by atoms with Gasteiger partial charge in [0.1, 0.15) is 6.04 Å². The molecule has 2 heterocycles. The number of hydrogen-bond donors (Lipinski definition) is 1. The number of anilines is 2. The van der Waals surface area contributed by atoms with E-state index < -0.39 is 12.0 Å². The van der Waals surface area contributed by atoms with Crippen LogP contribution in [0, 0.1) is 6.92 Å². The van der Waals surface area contributed by atoms with Gasteiger partial charge in [0.15, 0.2) is 5.11 Å². The summed E-state index contributed by atoms with van der Waals surface area (Å²) in [7, 11) is 2.13. The Balaban J connectivity index is 1.44. The minimum absolute atomic E-state index is 0.0323. The van der Waals surface area contributed by atoms with Gasteiger partial charge in [-0.15, -0.1) is 0 Å². The number of hydrogen-bond acceptors (Lipinski definition) is 7. The Hall–Kier alpha value is -3.34. The number of carbonyl (C=O) groups excluding carboxylic acids is 3. The molecule has 0 unspecified atom stereocenters. The van der Waals surface area contributed by atoms with Crippen molar-refractivity contribution in [2.45, 2.75) is 32.7 Å². The van der Waals surface area contributed by atoms with E-state index in [4.69, 9.17) is 17.0 Å². The van der Waals surface area contributed by atoms with Crippen LogP contribution < -0.4 is 10.2 Å². The first-order chi connectivity index (χ1) is 18.8. The van der Waals surface area contributed by atoms with E-state index in [2.05, 4.69) is 22.2 Å².